The second-order valence-corrected chi connectivity index (χ2v) is 11.4. The molecule has 0 radical (unpaired) electrons. The Kier molecular flexibility index (Phi) is 8.79. The van der Waals surface area contributed by atoms with Gasteiger partial charge >= 0.3 is 0 Å². The fraction of sp³-hybridized carbons (Fsp3) is 0.467. The Morgan fingerprint density at radius 3 is 2.37 bits per heavy atom. The van der Waals surface area contributed by atoms with E-state index in [0.717, 1.165) is 98.2 Å². The van der Waals surface area contributed by atoms with E-state index in [9.17, 15) is 4.79 Å². The van der Waals surface area contributed by atoms with Crippen molar-refractivity contribution < 1.29 is 4.79 Å². The molecule has 4 heterocycles. The first-order valence-electron chi connectivity index (χ1n) is 14.3. The van der Waals surface area contributed by atoms with Gasteiger partial charge in [0.05, 0.1) is 16.9 Å². The molecule has 0 bridgehead atoms. The van der Waals surface area contributed by atoms with Gasteiger partial charge in [-0.25, -0.2) is 9.97 Å². The van der Waals surface area contributed by atoms with Gasteiger partial charge in [-0.05, 0) is 51.0 Å². The normalized spacial score (nSPS) is 17.5. The molecule has 11 heteroatoms. The summed E-state index contributed by atoms with van der Waals surface area (Å²) in [5, 5.41) is 15.6. The molecule has 0 saturated carbocycles. The summed E-state index contributed by atoms with van der Waals surface area (Å²) in [7, 11) is 1.91. The van der Waals surface area contributed by atoms with Crippen molar-refractivity contribution in [3.8, 4) is 11.4 Å². The molecule has 218 valence electrons. The van der Waals surface area contributed by atoms with Crippen LogP contribution in [-0.4, -0.2) is 95.3 Å². The Bertz CT molecular complexity index is 1430. The molecule has 1 aromatic carbocycles. The third-order valence-electron chi connectivity index (χ3n) is 8.30. The number of hydrogen-bond acceptors (Lipinski definition) is 8. The largest absolute Gasteiger partial charge is 0.391 e. The number of allylic oxidation sites excluding steroid dienone is 1. The number of amides is 1. The molecule has 2 saturated heterocycles. The molecule has 2 aliphatic rings. The molecule has 2 fully saturated rings. The van der Waals surface area contributed by atoms with Crippen LogP contribution in [0.2, 0.25) is 5.02 Å². The second-order valence-electron chi connectivity index (χ2n) is 11.0. The summed E-state index contributed by atoms with van der Waals surface area (Å²) in [5.74, 6) is 0.889. The first-order valence-corrected chi connectivity index (χ1v) is 14.7. The Hall–Kier alpha value is -3.63. The molecule has 2 aromatic heterocycles. The number of aromatic amines is 1. The van der Waals surface area contributed by atoms with Gasteiger partial charge in [-0.2, -0.15) is 0 Å². The number of nitrogens with one attached hydrogen (secondary N) is 4. The molecule has 2 aliphatic heterocycles. The number of carbonyl (C=O) groups excluding carboxylic acids is 1. The minimum atomic E-state index is 0.137. The minimum Gasteiger partial charge on any atom is -0.391 e. The number of aromatic nitrogens is 3. The Balaban J connectivity index is 1.25. The summed E-state index contributed by atoms with van der Waals surface area (Å²) in [6.45, 7) is 11.3. The van der Waals surface area contributed by atoms with Gasteiger partial charge < -0.3 is 30.8 Å². The Labute approximate surface area is 246 Å². The van der Waals surface area contributed by atoms with E-state index in [1.165, 1.54) is 0 Å². The fourth-order valence-electron chi connectivity index (χ4n) is 5.65. The lowest BCUT2D eigenvalue weighted by Gasteiger charge is -2.35. The van der Waals surface area contributed by atoms with E-state index in [-0.39, 0.29) is 11.9 Å². The van der Waals surface area contributed by atoms with Crippen LogP contribution >= 0.6 is 11.6 Å². The van der Waals surface area contributed by atoms with E-state index in [0.29, 0.717) is 16.4 Å². The van der Waals surface area contributed by atoms with E-state index in [1.807, 2.05) is 25.8 Å². The Morgan fingerprint density at radius 1 is 1.07 bits per heavy atom. The quantitative estimate of drug-likeness (QED) is 0.294. The molecule has 0 atom stereocenters. The minimum absolute atomic E-state index is 0.137. The van der Waals surface area contributed by atoms with Gasteiger partial charge in [0.25, 0.3) is 0 Å². The SMILES string of the molecule is CN/C(C)=C(/CN1CCC(Nc2c(Cl)cnc3[nH]c(-c4ccc(N5CCN(C(C)=O)CC5)cc4)nc23)CC1)C(C)=N. The van der Waals surface area contributed by atoms with E-state index < -0.39 is 0 Å². The maximum atomic E-state index is 11.6. The highest BCUT2D eigenvalue weighted by molar-refractivity contribution is 6.34. The number of halogens is 1. The van der Waals surface area contributed by atoms with Gasteiger partial charge in [0.2, 0.25) is 5.91 Å². The van der Waals surface area contributed by atoms with Crippen molar-refractivity contribution in [2.24, 2.45) is 0 Å². The van der Waals surface area contributed by atoms with Gasteiger partial charge in [0.1, 0.15) is 11.3 Å². The molecule has 10 nitrogen and oxygen atoms in total. The number of H-pyrrole nitrogens is 1. The number of hydrogen-bond donors (Lipinski definition) is 4. The number of imidazole rings is 1. The molecule has 3 aromatic rings. The number of piperidine rings is 1. The van der Waals surface area contributed by atoms with Gasteiger partial charge in [-0.15, -0.1) is 0 Å². The van der Waals surface area contributed by atoms with E-state index in [4.69, 9.17) is 22.0 Å². The summed E-state index contributed by atoms with van der Waals surface area (Å²) in [4.78, 5) is 31.0. The van der Waals surface area contributed by atoms with E-state index >= 15 is 0 Å². The highest BCUT2D eigenvalue weighted by Crippen LogP contribution is 2.33. The number of carbonyl (C=O) groups is 1. The smallest absolute Gasteiger partial charge is 0.219 e. The maximum absolute atomic E-state index is 11.6. The Morgan fingerprint density at radius 2 is 1.76 bits per heavy atom. The lowest BCUT2D eigenvalue weighted by atomic mass is 10.0. The number of likely N-dealkylation sites (tertiary alicyclic amines) is 1. The topological polar surface area (TPSA) is 116 Å². The summed E-state index contributed by atoms with van der Waals surface area (Å²) in [5.41, 5.74) is 7.11. The average Bonchev–Trinajstić information content (AvgIpc) is 3.42. The maximum Gasteiger partial charge on any atom is 0.219 e. The molecular weight excluding hydrogens is 538 g/mol. The lowest BCUT2D eigenvalue weighted by molar-refractivity contribution is -0.129. The van der Waals surface area contributed by atoms with Crippen LogP contribution in [0.3, 0.4) is 0 Å². The zero-order chi connectivity index (χ0) is 29.1. The standard InChI is InChI=1S/C30H40ClN9O/c1-19(32)25(20(2)33-4)18-38-11-9-23(10-12-38)35-27-26(31)17-34-30-28(27)36-29(37-30)22-5-7-24(8-6-22)40-15-13-39(14-16-40)21(3)41/h5-8,17,23,32-33H,9-16,18H2,1-4H3,(H2,34,35,36,37)/b25-20-,32-19?. The van der Waals surface area contributed by atoms with E-state index in [1.54, 1.807) is 13.1 Å². The molecule has 4 N–H and O–H groups in total. The predicted molar refractivity (Wildman–Crippen MR) is 167 cm³/mol. The third-order valence-corrected chi connectivity index (χ3v) is 8.58. The summed E-state index contributed by atoms with van der Waals surface area (Å²) in [6, 6.07) is 8.64. The van der Waals surface area contributed by atoms with Crippen LogP contribution in [-0.2, 0) is 4.79 Å². The van der Waals surface area contributed by atoms with Crippen LogP contribution in [0.1, 0.15) is 33.6 Å². The first-order chi connectivity index (χ1) is 19.7. The fourth-order valence-corrected chi connectivity index (χ4v) is 5.84. The predicted octanol–water partition coefficient (Wildman–Crippen LogP) is 4.36. The molecule has 0 unspecified atom stereocenters. The molecule has 5 rings (SSSR count). The van der Waals surface area contributed by atoms with Crippen LogP contribution < -0.4 is 15.5 Å². The first kappa shape index (κ1) is 28.9. The molecule has 41 heavy (non-hydrogen) atoms. The monoisotopic (exact) mass is 577 g/mol. The van der Waals surface area contributed by atoms with Crippen molar-refractivity contribution >= 4 is 45.8 Å². The van der Waals surface area contributed by atoms with Crippen LogP contribution in [0.25, 0.3) is 22.6 Å². The third kappa shape index (κ3) is 6.49. The zero-order valence-electron chi connectivity index (χ0n) is 24.4. The number of piperazine rings is 1. The average molecular weight is 578 g/mol. The highest BCUT2D eigenvalue weighted by Gasteiger charge is 2.24. The van der Waals surface area contributed by atoms with Crippen LogP contribution in [0.15, 0.2) is 41.7 Å². The van der Waals surface area contributed by atoms with Gasteiger partial charge in [0, 0.05) is 94.1 Å². The van der Waals surface area contributed by atoms with Gasteiger partial charge in [-0.3, -0.25) is 9.69 Å². The molecule has 0 aliphatic carbocycles. The van der Waals surface area contributed by atoms with Crippen molar-refractivity contribution in [1.82, 2.24) is 30.1 Å². The zero-order valence-corrected chi connectivity index (χ0v) is 25.1. The number of rotatable bonds is 8. The van der Waals surface area contributed by atoms with Gasteiger partial charge in [0.15, 0.2) is 5.65 Å². The van der Waals surface area contributed by atoms with Crippen LogP contribution in [0.5, 0.6) is 0 Å². The molecule has 0 spiro atoms. The second kappa shape index (κ2) is 12.5. The van der Waals surface area contributed by atoms with Gasteiger partial charge in [-0.1, -0.05) is 11.6 Å². The number of anilines is 2. The van der Waals surface area contributed by atoms with Crippen LogP contribution in [0, 0.1) is 5.41 Å². The summed E-state index contributed by atoms with van der Waals surface area (Å²) < 4.78 is 0. The molecular formula is C30H40ClN9O. The van der Waals surface area contributed by atoms with Crippen molar-refractivity contribution in [2.75, 3.05) is 63.1 Å². The number of pyridine rings is 1. The van der Waals surface area contributed by atoms with Crippen molar-refractivity contribution in [2.45, 2.75) is 39.7 Å². The number of fused-ring (bicyclic) bond motifs is 1. The summed E-state index contributed by atoms with van der Waals surface area (Å²) in [6.07, 6.45) is 3.63. The highest BCUT2D eigenvalue weighted by atomic mass is 35.5. The summed E-state index contributed by atoms with van der Waals surface area (Å²) >= 11 is 6.64. The van der Waals surface area contributed by atoms with Crippen molar-refractivity contribution in [3.63, 3.8) is 0 Å². The van der Waals surface area contributed by atoms with Crippen molar-refractivity contribution in [1.29, 1.82) is 5.41 Å². The lowest BCUT2D eigenvalue weighted by Crippen LogP contribution is -2.48. The number of nitrogens with zero attached hydrogens (tertiary/aromatic N) is 5. The number of benzene rings is 1. The van der Waals surface area contributed by atoms with Crippen molar-refractivity contribution in [3.05, 3.63) is 46.8 Å². The van der Waals surface area contributed by atoms with Crippen LogP contribution in [0.4, 0.5) is 11.4 Å². The molecule has 1 amide bonds. The van der Waals surface area contributed by atoms with E-state index in [2.05, 4.69) is 54.7 Å².